The monoisotopic (exact) mass is 1400 g/mol. The van der Waals surface area contributed by atoms with Crippen molar-refractivity contribution < 1.29 is 92.3 Å². The number of anilines is 2. The summed E-state index contributed by atoms with van der Waals surface area (Å²) < 4.78 is 38.9. The number of nitrogens with zero attached hydrogens (tertiary/aromatic N) is 7. The number of para-hydroxylation sites is 1. The molecule has 1 saturated heterocycles. The van der Waals surface area contributed by atoms with E-state index in [0.29, 0.717) is 71.6 Å². The van der Waals surface area contributed by atoms with Gasteiger partial charge in [0.2, 0.25) is 12.2 Å². The second kappa shape index (κ2) is 31.0. The second-order valence-corrected chi connectivity index (χ2v) is 28.2. The summed E-state index contributed by atoms with van der Waals surface area (Å²) in [5.74, 6) is -4.36. The van der Waals surface area contributed by atoms with E-state index >= 15 is 0 Å². The number of imide groups is 1. The number of carboxylic acid groups (broad SMARTS) is 3. The van der Waals surface area contributed by atoms with Crippen LogP contribution in [0.5, 0.6) is 11.5 Å². The minimum Gasteiger partial charge on any atom is -0.491 e. The summed E-state index contributed by atoms with van der Waals surface area (Å²) >= 11 is 1.40. The molecule has 11 rings (SSSR count). The lowest BCUT2D eigenvalue weighted by Crippen LogP contribution is -2.55. The lowest BCUT2D eigenvalue weighted by molar-refractivity contribution is -0.238. The van der Waals surface area contributed by atoms with Crippen molar-refractivity contribution >= 4 is 80.1 Å². The number of hydrogen-bond acceptors (Lipinski definition) is 21. The van der Waals surface area contributed by atoms with E-state index in [4.69, 9.17) is 38.5 Å². The van der Waals surface area contributed by atoms with E-state index in [1.54, 1.807) is 18.3 Å². The third-order valence-corrected chi connectivity index (χ3v) is 19.9. The number of amides is 5. The highest BCUT2D eigenvalue weighted by atomic mass is 32.1. The maximum absolute atomic E-state index is 14.2. The number of aromatic nitrogens is 4. The molecule has 29 heteroatoms. The number of pyridine rings is 1. The highest BCUT2D eigenvalue weighted by Gasteiger charge is 2.56. The minimum atomic E-state index is -1.61. The predicted molar refractivity (Wildman–Crippen MR) is 361 cm³/mol. The van der Waals surface area contributed by atoms with Gasteiger partial charge in [-0.25, -0.2) is 24.4 Å². The molecule has 7 N–H and O–H groups in total. The number of aliphatic carboxylic acids is 2. The van der Waals surface area contributed by atoms with Crippen LogP contribution in [-0.4, -0.2) is 192 Å². The summed E-state index contributed by atoms with van der Waals surface area (Å²) in [5, 5.41) is 62.2. The van der Waals surface area contributed by atoms with Gasteiger partial charge < -0.3 is 69.1 Å². The number of rotatable bonds is 30. The van der Waals surface area contributed by atoms with Crippen LogP contribution in [0.15, 0.2) is 91.1 Å². The Bertz CT molecular complexity index is 4050. The number of nitrogens with one attached hydrogen (secondary N) is 2. The summed E-state index contributed by atoms with van der Waals surface area (Å²) in [7, 11) is 0. The van der Waals surface area contributed by atoms with Crippen molar-refractivity contribution in [3.8, 4) is 22.6 Å². The van der Waals surface area contributed by atoms with Gasteiger partial charge in [-0.3, -0.25) is 38.9 Å². The Morgan fingerprint density at radius 1 is 0.860 bits per heavy atom. The molecular weight excluding hydrogens is 1310 g/mol. The smallest absolute Gasteiger partial charge is 0.410 e. The molecule has 2 bridgehead atoms. The first-order chi connectivity index (χ1) is 47.8. The number of aliphatic hydroxyl groups is 2. The molecule has 5 aliphatic rings. The molecule has 4 unspecified atom stereocenters. The number of ether oxygens (including phenoxy) is 6. The largest absolute Gasteiger partial charge is 0.491 e. The van der Waals surface area contributed by atoms with E-state index in [1.165, 1.54) is 34.4 Å². The number of thiazole rings is 1. The molecule has 2 aliphatic carbocycles. The van der Waals surface area contributed by atoms with Crippen LogP contribution in [0.2, 0.25) is 0 Å². The molecule has 8 atom stereocenters. The third kappa shape index (κ3) is 17.2. The Labute approximate surface area is 580 Å². The van der Waals surface area contributed by atoms with Gasteiger partial charge in [-0.1, -0.05) is 56.4 Å². The number of hydrogen-bond donors (Lipinski definition) is 7. The van der Waals surface area contributed by atoms with Crippen molar-refractivity contribution in [2.75, 3.05) is 69.4 Å². The zero-order valence-corrected chi connectivity index (χ0v) is 56.9. The van der Waals surface area contributed by atoms with Crippen LogP contribution in [0.1, 0.15) is 122 Å². The topological polar surface area (TPSA) is 370 Å². The third-order valence-electron chi connectivity index (χ3n) is 19.0. The maximum atomic E-state index is 14.2. The molecule has 2 saturated carbocycles. The van der Waals surface area contributed by atoms with Crippen LogP contribution < -0.4 is 25.0 Å². The molecule has 100 heavy (non-hydrogen) atoms. The molecule has 5 amide bonds. The molecule has 532 valence electrons. The van der Waals surface area contributed by atoms with Crippen molar-refractivity contribution in [3.05, 3.63) is 125 Å². The van der Waals surface area contributed by atoms with Gasteiger partial charge in [0.15, 0.2) is 16.9 Å². The summed E-state index contributed by atoms with van der Waals surface area (Å²) in [6.45, 7) is 9.84. The van der Waals surface area contributed by atoms with Crippen molar-refractivity contribution in [1.29, 1.82) is 0 Å². The normalized spacial score (nSPS) is 23.2. The standard InChI is InChI=1S/C71H83N9O19S/c1-42-33-69(3)38-70(4,41-80-43(2)49(35-73-80)47-16-17-56(75-61(47)65(91)92)78-24-20-44-9-7-10-48(50(44)36-78)63(88)76-67-74-51-11-5-6-12-55(51)100-67)40-71(34-42,39-69)97-28-26-77(23-8-13-60(85)86)68(93)96-37-45-14-15-46(98-66-62(87)52(81)32-54(99-66)64(89)90)31-53(45)95-30-29-94-27-22-72-57(82)21-25-79-58(83)18-19-59(79)84/h5-7,9-12,14-19,31,35,42,52,54,62,66,81,87H,8,13,20-30,32-34,36-41H2,1-4H3,(H,72,82)(H,85,86)(H,89,90)(H,91,92)(H,74,76,88)/t42?,52-,54-,62?,66+,69?,70-,71?/m0/s1. The van der Waals surface area contributed by atoms with Crippen molar-refractivity contribution in [2.24, 2.45) is 16.7 Å². The van der Waals surface area contributed by atoms with Gasteiger partial charge in [-0.05, 0) is 122 Å². The zero-order valence-electron chi connectivity index (χ0n) is 56.1. The number of carbonyl (C=O) groups is 8. The molecule has 3 fully saturated rings. The van der Waals surface area contributed by atoms with Crippen LogP contribution >= 0.6 is 11.3 Å². The molecule has 6 aromatic rings. The quantitative estimate of drug-likeness (QED) is 0.0171. The molecule has 0 spiro atoms. The van der Waals surface area contributed by atoms with E-state index in [9.17, 15) is 63.9 Å². The van der Waals surface area contributed by atoms with Crippen LogP contribution in [0, 0.1) is 23.7 Å². The fraction of sp³-hybridized carbons (Fsp3) is 0.479. The van der Waals surface area contributed by atoms with Crippen molar-refractivity contribution in [1.82, 2.24) is 34.9 Å². The number of aromatic carboxylic acids is 1. The Morgan fingerprint density at radius 2 is 1.66 bits per heavy atom. The average molecular weight is 1400 g/mol. The van der Waals surface area contributed by atoms with Crippen LogP contribution in [0.4, 0.5) is 15.7 Å². The molecule has 3 aliphatic heterocycles. The van der Waals surface area contributed by atoms with Crippen molar-refractivity contribution in [2.45, 2.75) is 142 Å². The number of carbonyl (C=O) groups excluding carboxylic acids is 5. The van der Waals surface area contributed by atoms with Gasteiger partial charge in [0.25, 0.3) is 17.7 Å². The maximum Gasteiger partial charge on any atom is 0.410 e. The summed E-state index contributed by atoms with van der Waals surface area (Å²) in [6.07, 6.45) is 1.02. The second-order valence-electron chi connectivity index (χ2n) is 27.2. The predicted octanol–water partition coefficient (Wildman–Crippen LogP) is 7.39. The molecule has 3 aromatic carbocycles. The Morgan fingerprint density at radius 3 is 2.43 bits per heavy atom. The van der Waals surface area contributed by atoms with E-state index in [-0.39, 0.29) is 119 Å². The van der Waals surface area contributed by atoms with Crippen LogP contribution in [0.25, 0.3) is 21.3 Å². The molecule has 6 heterocycles. The minimum absolute atomic E-state index is 0.000229. The summed E-state index contributed by atoms with van der Waals surface area (Å²) in [6, 6.07) is 21.3. The lowest BCUT2D eigenvalue weighted by atomic mass is 9.51. The Kier molecular flexibility index (Phi) is 22.3. The average Bonchev–Trinajstić information content (AvgIpc) is 0.838. The molecule has 0 radical (unpaired) electrons. The first kappa shape index (κ1) is 71.9. The zero-order chi connectivity index (χ0) is 71.0. The van der Waals surface area contributed by atoms with Gasteiger partial charge in [0, 0.05) is 111 Å². The van der Waals surface area contributed by atoms with E-state index in [0.717, 1.165) is 69.8 Å². The fourth-order valence-electron chi connectivity index (χ4n) is 15.1. The summed E-state index contributed by atoms with van der Waals surface area (Å²) in [5.41, 5.74) is 4.03. The summed E-state index contributed by atoms with van der Waals surface area (Å²) in [4.78, 5) is 115. The van der Waals surface area contributed by atoms with E-state index in [1.807, 2.05) is 59.0 Å². The van der Waals surface area contributed by atoms with Crippen LogP contribution in [-0.2, 0) is 69.0 Å². The number of benzene rings is 3. The van der Waals surface area contributed by atoms with Crippen molar-refractivity contribution in [3.63, 3.8) is 0 Å². The highest BCUT2D eigenvalue weighted by Crippen LogP contribution is 2.60. The van der Waals surface area contributed by atoms with Crippen LogP contribution in [0.3, 0.4) is 0 Å². The fourth-order valence-corrected chi connectivity index (χ4v) is 16.0. The first-order valence-corrected chi connectivity index (χ1v) is 34.3. The first-order valence-electron chi connectivity index (χ1n) is 33.5. The van der Waals surface area contributed by atoms with Gasteiger partial charge in [0.1, 0.15) is 36.6 Å². The Hall–Kier alpha value is -9.39. The van der Waals surface area contributed by atoms with Gasteiger partial charge >= 0.3 is 24.0 Å². The lowest BCUT2D eigenvalue weighted by Gasteiger charge is -2.58. The van der Waals surface area contributed by atoms with E-state index < -0.39 is 71.9 Å². The molecule has 28 nitrogen and oxygen atoms in total. The number of carboxylic acids is 3. The molecular formula is C71H83N9O19S. The van der Waals surface area contributed by atoms with E-state index in [2.05, 4.69) is 36.4 Å². The number of fused-ring (bicyclic) bond motifs is 4. The van der Waals surface area contributed by atoms with Gasteiger partial charge in [-0.2, -0.15) is 5.10 Å². The molecule has 3 aromatic heterocycles. The Balaban J connectivity index is 0.734. The van der Waals surface area contributed by atoms with Gasteiger partial charge in [0.05, 0.1) is 47.9 Å². The number of aliphatic hydroxyl groups excluding tert-OH is 2. The SMILES string of the molecule is Cc1c(-c2ccc(N3CCc4cccc(C(=O)Nc5nc6ccccc6s5)c4C3)nc2C(=O)O)cnn1C[C@@]1(C)CC2(C)CC(C)CC(OCCN(CCCC(=O)O)C(=O)OCc3ccc(O[C@@H]4O[C@H](C(=O)O)C[C@H](O)C4O)cc3OCCOCCNC(=O)CCN3C(=O)C=CC3=O)(C2)C1. The van der Waals surface area contributed by atoms with Gasteiger partial charge in [-0.15, -0.1) is 0 Å². The highest BCUT2D eigenvalue weighted by molar-refractivity contribution is 7.22.